The zero-order valence-corrected chi connectivity index (χ0v) is 34.8. The highest BCUT2D eigenvalue weighted by molar-refractivity contribution is 4.88. The van der Waals surface area contributed by atoms with E-state index in [9.17, 15) is 0 Å². The van der Waals surface area contributed by atoms with Crippen LogP contribution in [0.5, 0.6) is 0 Å². The highest BCUT2D eigenvalue weighted by atomic mass is 16.7. The van der Waals surface area contributed by atoms with Crippen LogP contribution in [0.25, 0.3) is 0 Å². The first-order valence-corrected chi connectivity index (χ1v) is 22.2. The third-order valence-electron chi connectivity index (χ3n) is 10.2. The number of hydrogen-bond acceptors (Lipinski definition) is 5. The van der Waals surface area contributed by atoms with Crippen molar-refractivity contribution in [2.75, 3.05) is 26.4 Å². The van der Waals surface area contributed by atoms with Gasteiger partial charge in [-0.1, -0.05) is 169 Å². The summed E-state index contributed by atoms with van der Waals surface area (Å²) in [6.45, 7) is 19.9. The number of ether oxygens (including phenoxy) is 5. The van der Waals surface area contributed by atoms with Crippen LogP contribution in [-0.2, 0) is 23.7 Å². The number of hydrogen-bond donors (Lipinski definition) is 0. The summed E-state index contributed by atoms with van der Waals surface area (Å²) >= 11 is 0. The average Bonchev–Trinajstić information content (AvgIpc) is 3.09. The van der Waals surface area contributed by atoms with E-state index < -0.39 is 11.6 Å². The predicted octanol–water partition coefficient (Wildman–Crippen LogP) is 14.3. The quantitative estimate of drug-likeness (QED) is 0.0471. The monoisotopic (exact) mass is 699 g/mol. The van der Waals surface area contributed by atoms with Gasteiger partial charge in [-0.15, -0.1) is 0 Å². The molecule has 0 aliphatic heterocycles. The molecule has 49 heavy (non-hydrogen) atoms. The molecule has 0 aromatic rings. The largest absolute Gasteiger partial charge is 0.364 e. The summed E-state index contributed by atoms with van der Waals surface area (Å²) in [4.78, 5) is 0. The fourth-order valence-electron chi connectivity index (χ4n) is 7.62. The van der Waals surface area contributed by atoms with Crippen LogP contribution in [0.4, 0.5) is 0 Å². The van der Waals surface area contributed by atoms with Crippen molar-refractivity contribution in [3.05, 3.63) is 0 Å². The summed E-state index contributed by atoms with van der Waals surface area (Å²) in [6, 6.07) is 0. The van der Waals surface area contributed by atoms with Gasteiger partial charge in [-0.25, -0.2) is 0 Å². The van der Waals surface area contributed by atoms with Crippen molar-refractivity contribution < 1.29 is 23.7 Å². The lowest BCUT2D eigenvalue weighted by atomic mass is 9.94. The van der Waals surface area contributed by atoms with E-state index in [2.05, 4.69) is 55.4 Å². The molecular formula is C44H90O5. The predicted molar refractivity (Wildman–Crippen MR) is 213 cm³/mol. The first-order valence-electron chi connectivity index (χ1n) is 22.2. The Labute approximate surface area is 308 Å². The van der Waals surface area contributed by atoms with Crippen LogP contribution in [-0.4, -0.2) is 50.2 Å². The highest BCUT2D eigenvalue weighted by Crippen LogP contribution is 2.37. The van der Waals surface area contributed by atoms with Crippen LogP contribution in [0.15, 0.2) is 0 Å². The summed E-state index contributed by atoms with van der Waals surface area (Å²) in [6.07, 6.45) is 34.4. The van der Waals surface area contributed by atoms with Gasteiger partial charge in [0, 0.05) is 39.3 Å². The lowest BCUT2D eigenvalue weighted by Gasteiger charge is -2.46. The summed E-state index contributed by atoms with van der Waals surface area (Å²) in [5.74, 6) is -1.49. The summed E-state index contributed by atoms with van der Waals surface area (Å²) in [7, 11) is 0. The van der Waals surface area contributed by atoms with Crippen molar-refractivity contribution >= 4 is 0 Å². The minimum atomic E-state index is -0.745. The summed E-state index contributed by atoms with van der Waals surface area (Å²) < 4.78 is 33.8. The van der Waals surface area contributed by atoms with Gasteiger partial charge in [0.15, 0.2) is 11.6 Å². The van der Waals surface area contributed by atoms with Gasteiger partial charge in [0.2, 0.25) is 0 Å². The van der Waals surface area contributed by atoms with Crippen LogP contribution >= 0.6 is 0 Å². The van der Waals surface area contributed by atoms with Crippen LogP contribution in [0.3, 0.4) is 0 Å². The van der Waals surface area contributed by atoms with Gasteiger partial charge < -0.3 is 23.7 Å². The van der Waals surface area contributed by atoms with Crippen LogP contribution < -0.4 is 0 Å². The van der Waals surface area contributed by atoms with Crippen molar-refractivity contribution in [3.63, 3.8) is 0 Å². The van der Waals surface area contributed by atoms with Crippen molar-refractivity contribution in [3.8, 4) is 0 Å². The van der Waals surface area contributed by atoms with E-state index in [0.29, 0.717) is 26.4 Å². The minimum Gasteiger partial charge on any atom is -0.364 e. The van der Waals surface area contributed by atoms with E-state index in [1.54, 1.807) is 0 Å². The van der Waals surface area contributed by atoms with E-state index in [4.69, 9.17) is 23.7 Å². The first-order chi connectivity index (χ1) is 24.0. The van der Waals surface area contributed by atoms with E-state index in [1.807, 2.05) is 0 Å². The lowest BCUT2D eigenvalue weighted by Crippen LogP contribution is -2.56. The first kappa shape index (κ1) is 48.8. The molecule has 0 aliphatic rings. The van der Waals surface area contributed by atoms with Gasteiger partial charge in [0.25, 0.3) is 0 Å². The average molecular weight is 699 g/mol. The fraction of sp³-hybridized carbons (Fsp3) is 1.00. The Morgan fingerprint density at radius 2 is 0.551 bits per heavy atom. The van der Waals surface area contributed by atoms with Gasteiger partial charge in [-0.3, -0.25) is 0 Å². The second kappa shape index (κ2) is 34.9. The van der Waals surface area contributed by atoms with E-state index in [1.165, 1.54) is 128 Å². The summed E-state index contributed by atoms with van der Waals surface area (Å²) in [5, 5.41) is 0. The zero-order chi connectivity index (χ0) is 36.3. The molecule has 0 aromatic heterocycles. The Morgan fingerprint density at radius 3 is 0.776 bits per heavy atom. The van der Waals surface area contributed by atoms with Crippen LogP contribution in [0.2, 0.25) is 0 Å². The molecule has 0 aliphatic carbocycles. The topological polar surface area (TPSA) is 46.2 Å². The molecule has 0 fully saturated rings. The van der Waals surface area contributed by atoms with Crippen LogP contribution in [0, 0.1) is 0 Å². The molecule has 296 valence electrons. The molecule has 5 nitrogen and oxygen atoms in total. The third-order valence-corrected chi connectivity index (χ3v) is 10.2. The van der Waals surface area contributed by atoms with Gasteiger partial charge in [-0.05, 0) is 53.4 Å². The maximum absolute atomic E-state index is 7.27. The molecule has 0 spiro atoms. The third kappa shape index (κ3) is 23.2. The van der Waals surface area contributed by atoms with Gasteiger partial charge >= 0.3 is 0 Å². The number of rotatable bonds is 40. The lowest BCUT2D eigenvalue weighted by molar-refractivity contribution is -0.343. The second-order valence-corrected chi connectivity index (χ2v) is 14.6. The molecule has 5 heteroatoms. The van der Waals surface area contributed by atoms with Gasteiger partial charge in [0.1, 0.15) is 12.2 Å². The highest BCUT2D eigenvalue weighted by Gasteiger charge is 2.47. The van der Waals surface area contributed by atoms with Gasteiger partial charge in [-0.2, -0.15) is 0 Å². The zero-order valence-electron chi connectivity index (χ0n) is 34.8. The molecule has 0 saturated heterocycles. The Balaban J connectivity index is 5.51. The minimum absolute atomic E-state index is 0.172. The Kier molecular flexibility index (Phi) is 34.7. The molecule has 0 heterocycles. The molecule has 0 saturated carbocycles. The maximum Gasteiger partial charge on any atom is 0.194 e. The molecule has 2 atom stereocenters. The SMILES string of the molecule is CCCCCCCCCCCCCC(OCC)(OCC)C(CCC)OC(CCC)C(CCCCCCCCCCCCC)(OCC)OCC. The summed E-state index contributed by atoms with van der Waals surface area (Å²) in [5.41, 5.74) is 0. The van der Waals surface area contributed by atoms with Crippen molar-refractivity contribution in [1.29, 1.82) is 0 Å². The normalized spacial score (nSPS) is 13.7. The maximum atomic E-state index is 7.27. The molecule has 0 N–H and O–H groups in total. The molecule has 0 rings (SSSR count). The van der Waals surface area contributed by atoms with Crippen molar-refractivity contribution in [2.45, 2.75) is 259 Å². The Bertz CT molecular complexity index is 589. The molecule has 0 aromatic carbocycles. The van der Waals surface area contributed by atoms with Crippen molar-refractivity contribution in [2.24, 2.45) is 0 Å². The van der Waals surface area contributed by atoms with Crippen molar-refractivity contribution in [1.82, 2.24) is 0 Å². The standard InChI is InChI=1S/C44H90O5/c1-9-17-19-21-23-25-27-29-31-33-35-39-43(45-13-5,46-14-6)41(37-11-3)49-42(38-12-4)44(47-15-7,48-16-8)40-36-34-32-30-28-26-24-22-20-18-10-2/h41-42H,9-40H2,1-8H3. The smallest absolute Gasteiger partial charge is 0.194 e. The van der Waals surface area contributed by atoms with Crippen LogP contribution in [0.1, 0.15) is 235 Å². The molecular weight excluding hydrogens is 608 g/mol. The molecule has 0 radical (unpaired) electrons. The Morgan fingerprint density at radius 1 is 0.306 bits per heavy atom. The fourth-order valence-corrected chi connectivity index (χ4v) is 7.62. The number of unbranched alkanes of at least 4 members (excludes halogenated alkanes) is 20. The van der Waals surface area contributed by atoms with Gasteiger partial charge in [0.05, 0.1) is 0 Å². The molecule has 0 bridgehead atoms. The Hall–Kier alpha value is -0.200. The molecule has 2 unspecified atom stereocenters. The van der Waals surface area contributed by atoms with E-state index in [-0.39, 0.29) is 12.2 Å². The second-order valence-electron chi connectivity index (χ2n) is 14.6. The van der Waals surface area contributed by atoms with E-state index >= 15 is 0 Å². The van der Waals surface area contributed by atoms with E-state index in [0.717, 1.165) is 51.4 Å². The molecule has 0 amide bonds.